The molecule has 0 bridgehead atoms. The third kappa shape index (κ3) is 5.00. The number of alkyl halides is 3. The lowest BCUT2D eigenvalue weighted by atomic mass is 9.72. The monoisotopic (exact) mass is 387 g/mol. The second-order valence-electron chi connectivity index (χ2n) is 6.64. The predicted octanol–water partition coefficient (Wildman–Crippen LogP) is 3.16. The lowest BCUT2D eigenvalue weighted by Crippen LogP contribution is -2.50. The lowest BCUT2D eigenvalue weighted by Gasteiger charge is -2.40. The van der Waals surface area contributed by atoms with E-state index in [1.165, 1.54) is 0 Å². The van der Waals surface area contributed by atoms with Gasteiger partial charge in [-0.1, -0.05) is 24.3 Å². The maximum atomic E-state index is 13.6. The Kier molecular flexibility index (Phi) is 7.24. The normalized spacial score (nSPS) is 18.3. The molecule has 0 spiro atoms. The minimum Gasteiger partial charge on any atom is -0.481 e. The Morgan fingerprint density at radius 1 is 1.26 bits per heavy atom. The maximum Gasteiger partial charge on any atom is 0.314 e. The van der Waals surface area contributed by atoms with Crippen molar-refractivity contribution in [2.45, 2.75) is 50.7 Å². The van der Waals surface area contributed by atoms with Crippen LogP contribution in [0.3, 0.4) is 0 Å². The van der Waals surface area contributed by atoms with Crippen LogP contribution >= 0.6 is 0 Å². The number of carbonyl (C=O) groups is 2. The van der Waals surface area contributed by atoms with Crippen LogP contribution in [0.2, 0.25) is 0 Å². The van der Waals surface area contributed by atoms with Gasteiger partial charge in [-0.2, -0.15) is 0 Å². The number of aryl methyl sites for hydroxylation is 1. The van der Waals surface area contributed by atoms with Crippen LogP contribution in [-0.4, -0.2) is 54.4 Å². The van der Waals surface area contributed by atoms with Gasteiger partial charge in [0, 0.05) is 19.5 Å². The molecule has 8 heteroatoms. The summed E-state index contributed by atoms with van der Waals surface area (Å²) in [5.41, 5.74) is 0.0844. The van der Waals surface area contributed by atoms with Crippen LogP contribution in [0.25, 0.3) is 0 Å². The van der Waals surface area contributed by atoms with Crippen molar-refractivity contribution >= 4 is 11.9 Å². The number of likely N-dealkylation sites (tertiary alicyclic amines) is 1. The molecule has 0 aromatic heterocycles. The van der Waals surface area contributed by atoms with Crippen LogP contribution in [0.5, 0.6) is 0 Å². The van der Waals surface area contributed by atoms with E-state index in [4.69, 9.17) is 4.74 Å². The highest BCUT2D eigenvalue weighted by atomic mass is 19.3. The van der Waals surface area contributed by atoms with Crippen molar-refractivity contribution in [3.8, 4) is 0 Å². The maximum absolute atomic E-state index is 13.6. The van der Waals surface area contributed by atoms with Gasteiger partial charge in [-0.05, 0) is 37.3 Å². The molecule has 1 N–H and O–H groups in total. The van der Waals surface area contributed by atoms with Gasteiger partial charge in [-0.3, -0.25) is 14.5 Å². The fraction of sp³-hybridized carbons (Fsp3) is 0.579. The van der Waals surface area contributed by atoms with Crippen LogP contribution in [0, 0.1) is 0 Å². The molecule has 1 unspecified atom stereocenters. The summed E-state index contributed by atoms with van der Waals surface area (Å²) in [6.07, 6.45) is -4.83. The minimum atomic E-state index is -3.12. The first kappa shape index (κ1) is 21.2. The Hall–Kier alpha value is -2.09. The van der Waals surface area contributed by atoms with Crippen molar-refractivity contribution < 1.29 is 32.6 Å². The van der Waals surface area contributed by atoms with Gasteiger partial charge < -0.3 is 9.84 Å². The lowest BCUT2D eigenvalue weighted by molar-refractivity contribution is -0.148. The average Bonchev–Trinajstić information content (AvgIpc) is 2.66. The van der Waals surface area contributed by atoms with E-state index in [-0.39, 0.29) is 38.3 Å². The summed E-state index contributed by atoms with van der Waals surface area (Å²) in [6, 6.07) is 6.91. The number of benzene rings is 1. The summed E-state index contributed by atoms with van der Waals surface area (Å²) in [6.45, 7) is 1.89. The summed E-state index contributed by atoms with van der Waals surface area (Å²) >= 11 is 0. The quantitative estimate of drug-likeness (QED) is 0.548. The van der Waals surface area contributed by atoms with E-state index in [1.54, 1.807) is 31.2 Å². The molecule has 1 fully saturated rings. The highest BCUT2D eigenvalue weighted by Gasteiger charge is 2.45. The Bertz CT molecular complexity index is 660. The van der Waals surface area contributed by atoms with Gasteiger partial charge >= 0.3 is 11.9 Å². The van der Waals surface area contributed by atoms with Crippen molar-refractivity contribution in [2.24, 2.45) is 0 Å². The molecular weight excluding hydrogens is 363 g/mol. The molecule has 27 heavy (non-hydrogen) atoms. The van der Waals surface area contributed by atoms with Gasteiger partial charge in [0.15, 0.2) is 0 Å². The van der Waals surface area contributed by atoms with E-state index in [0.717, 1.165) is 10.5 Å². The van der Waals surface area contributed by atoms with Crippen LogP contribution in [0.15, 0.2) is 24.3 Å². The number of nitrogens with zero attached hydrogens (tertiary/aromatic N) is 1. The zero-order chi connectivity index (χ0) is 20.0. The summed E-state index contributed by atoms with van der Waals surface area (Å²) < 4.78 is 43.6. The first-order chi connectivity index (χ1) is 12.8. The van der Waals surface area contributed by atoms with Gasteiger partial charge in [0.1, 0.15) is 0 Å². The Morgan fingerprint density at radius 2 is 1.93 bits per heavy atom. The number of carbonyl (C=O) groups excluding carboxylic acids is 1. The zero-order valence-electron chi connectivity index (χ0n) is 15.2. The Balaban J connectivity index is 2.14. The fourth-order valence-corrected chi connectivity index (χ4v) is 3.44. The topological polar surface area (TPSA) is 66.8 Å². The highest BCUT2D eigenvalue weighted by molar-refractivity contribution is 5.81. The summed E-state index contributed by atoms with van der Waals surface area (Å²) in [5, 5.41) is 9.82. The number of carboxylic acid groups (broad SMARTS) is 1. The number of rotatable bonds is 8. The molecule has 5 nitrogen and oxygen atoms in total. The van der Waals surface area contributed by atoms with Gasteiger partial charge in [0.25, 0.3) is 6.43 Å². The zero-order valence-corrected chi connectivity index (χ0v) is 15.2. The Morgan fingerprint density at radius 3 is 2.48 bits per heavy atom. The summed E-state index contributed by atoms with van der Waals surface area (Å²) in [5.74, 6) is -1.39. The molecule has 2 rings (SSSR count). The molecule has 1 heterocycles. The first-order valence-corrected chi connectivity index (χ1v) is 8.95. The fourth-order valence-electron chi connectivity index (χ4n) is 3.44. The highest BCUT2D eigenvalue weighted by Crippen LogP contribution is 2.37. The first-order valence-electron chi connectivity index (χ1n) is 8.95. The van der Waals surface area contributed by atoms with E-state index in [9.17, 15) is 27.9 Å². The van der Waals surface area contributed by atoms with Crippen LogP contribution in [0.4, 0.5) is 13.2 Å². The van der Waals surface area contributed by atoms with Gasteiger partial charge in [-0.15, -0.1) is 0 Å². The van der Waals surface area contributed by atoms with E-state index in [1.807, 2.05) is 0 Å². The minimum absolute atomic E-state index is 0.0385. The Labute approximate surface area is 156 Å². The molecular formula is C19H24F3NO4. The van der Waals surface area contributed by atoms with Crippen LogP contribution in [-0.2, 0) is 26.2 Å². The van der Waals surface area contributed by atoms with E-state index in [2.05, 4.69) is 0 Å². The number of esters is 1. The molecule has 1 atom stereocenters. The molecule has 0 radical (unpaired) electrons. The molecule has 1 aromatic carbocycles. The van der Waals surface area contributed by atoms with Gasteiger partial charge in [0.05, 0.1) is 12.0 Å². The third-order valence-corrected chi connectivity index (χ3v) is 5.02. The van der Waals surface area contributed by atoms with Gasteiger partial charge in [-0.25, -0.2) is 13.2 Å². The molecule has 1 saturated heterocycles. The molecule has 1 aliphatic rings. The summed E-state index contributed by atoms with van der Waals surface area (Å²) in [4.78, 5) is 24.5. The van der Waals surface area contributed by atoms with E-state index >= 15 is 0 Å². The number of hydrogen-bond acceptors (Lipinski definition) is 4. The van der Waals surface area contributed by atoms with Crippen molar-refractivity contribution in [2.75, 3.05) is 19.7 Å². The van der Waals surface area contributed by atoms with E-state index in [0.29, 0.717) is 18.6 Å². The average molecular weight is 387 g/mol. The predicted molar refractivity (Wildman–Crippen MR) is 92.4 cm³/mol. The molecule has 0 saturated carbocycles. The second-order valence-corrected chi connectivity index (χ2v) is 6.64. The van der Waals surface area contributed by atoms with Crippen molar-refractivity contribution in [1.82, 2.24) is 4.90 Å². The SMILES string of the molecule is CCOC(=O)CCc1cccc(C2(C(=O)O)CCN(C(F)C(F)F)CC2)c1. The van der Waals surface area contributed by atoms with Crippen LogP contribution in [0.1, 0.15) is 37.3 Å². The van der Waals surface area contributed by atoms with Gasteiger partial charge in [0.2, 0.25) is 6.30 Å². The third-order valence-electron chi connectivity index (χ3n) is 5.02. The molecule has 0 aliphatic carbocycles. The smallest absolute Gasteiger partial charge is 0.314 e. The molecule has 0 amide bonds. The summed E-state index contributed by atoms with van der Waals surface area (Å²) in [7, 11) is 0. The van der Waals surface area contributed by atoms with Crippen molar-refractivity contribution in [1.29, 1.82) is 0 Å². The number of aliphatic carboxylic acids is 1. The van der Waals surface area contributed by atoms with Crippen molar-refractivity contribution in [3.05, 3.63) is 35.4 Å². The largest absolute Gasteiger partial charge is 0.481 e. The number of halogens is 3. The van der Waals surface area contributed by atoms with Crippen LogP contribution < -0.4 is 0 Å². The van der Waals surface area contributed by atoms with E-state index < -0.39 is 24.1 Å². The number of piperidine rings is 1. The second kappa shape index (κ2) is 9.21. The molecule has 150 valence electrons. The number of ether oxygens (including phenoxy) is 1. The standard InChI is InChI=1S/C19H24F3NO4/c1-2-27-15(24)7-6-13-4-3-5-14(12-13)19(18(25)26)8-10-23(11-9-19)17(22)16(20)21/h3-5,12,16-17H,2,6-11H2,1H3,(H,25,26). The number of carboxylic acids is 1. The molecule has 1 aliphatic heterocycles. The number of hydrogen-bond donors (Lipinski definition) is 1. The molecule has 1 aromatic rings. The van der Waals surface area contributed by atoms with Crippen molar-refractivity contribution in [3.63, 3.8) is 0 Å².